The fraction of sp³-hybridized carbons (Fsp3) is 0.583. The molecule has 6 N–H and O–H groups in total. The largest absolute Gasteiger partial charge is 0.394 e. The van der Waals surface area contributed by atoms with Crippen LogP contribution in [0.4, 0.5) is 11.8 Å². The molecule has 0 saturated carbocycles. The van der Waals surface area contributed by atoms with Gasteiger partial charge in [-0.15, -0.1) is 0 Å². The van der Waals surface area contributed by atoms with E-state index < -0.39 is 31.1 Å². The van der Waals surface area contributed by atoms with Crippen LogP contribution in [-0.2, 0) is 4.74 Å². The van der Waals surface area contributed by atoms with Gasteiger partial charge in [0.2, 0.25) is 5.95 Å². The van der Waals surface area contributed by atoms with E-state index in [4.69, 9.17) is 10.5 Å². The maximum atomic E-state index is 10.1. The Bertz CT molecular complexity index is 706. The number of nitrogens with one attached hydrogen (secondary N) is 1. The smallest absolute Gasteiger partial charge is 0.224 e. The standard InChI is InChI=1S/C12H19N7O4/c1-18(2)17-9-6-10(16-12(13)15-9)19(4-14-6)11-8(22)7(21)5(3-20)23-11/h4-5,7-8,11,20-22H,3H2,1-2H3,(H3,13,15,16,17)/t5-,7?,8?,11-/m1/s1. The number of nitrogens with zero attached hydrogens (tertiary/aromatic N) is 5. The first-order valence-electron chi connectivity index (χ1n) is 6.99. The number of aliphatic hydroxyl groups excluding tert-OH is 3. The van der Waals surface area contributed by atoms with E-state index in [9.17, 15) is 15.3 Å². The molecule has 1 aliphatic heterocycles. The van der Waals surface area contributed by atoms with Gasteiger partial charge in [-0.3, -0.25) is 4.57 Å². The Hall–Kier alpha value is -2.05. The van der Waals surface area contributed by atoms with E-state index in [-0.39, 0.29) is 5.95 Å². The summed E-state index contributed by atoms with van der Waals surface area (Å²) in [5.41, 5.74) is 9.47. The second kappa shape index (κ2) is 5.86. The number of imidazole rings is 1. The lowest BCUT2D eigenvalue weighted by molar-refractivity contribution is -0.0511. The van der Waals surface area contributed by atoms with Crippen molar-refractivity contribution in [2.75, 3.05) is 31.9 Å². The van der Waals surface area contributed by atoms with Crippen molar-refractivity contribution in [1.29, 1.82) is 0 Å². The van der Waals surface area contributed by atoms with Crippen LogP contribution in [0.15, 0.2) is 6.33 Å². The van der Waals surface area contributed by atoms with Crippen LogP contribution in [0.2, 0.25) is 0 Å². The van der Waals surface area contributed by atoms with Gasteiger partial charge in [0.05, 0.1) is 12.9 Å². The number of hydrogen-bond donors (Lipinski definition) is 5. The first kappa shape index (κ1) is 15.8. The lowest BCUT2D eigenvalue weighted by Gasteiger charge is -2.17. The summed E-state index contributed by atoms with van der Waals surface area (Å²) in [6.45, 7) is -0.411. The highest BCUT2D eigenvalue weighted by atomic mass is 16.6. The molecule has 0 spiro atoms. The number of hydrazine groups is 1. The number of ether oxygens (including phenoxy) is 1. The molecule has 2 aromatic rings. The van der Waals surface area contributed by atoms with E-state index in [0.29, 0.717) is 17.0 Å². The van der Waals surface area contributed by atoms with Crippen LogP contribution in [0, 0.1) is 0 Å². The third-order valence-electron chi connectivity index (χ3n) is 3.56. The van der Waals surface area contributed by atoms with Gasteiger partial charge in [-0.05, 0) is 0 Å². The highest BCUT2D eigenvalue weighted by Crippen LogP contribution is 2.32. The van der Waals surface area contributed by atoms with E-state index >= 15 is 0 Å². The molecule has 11 nitrogen and oxygen atoms in total. The summed E-state index contributed by atoms with van der Waals surface area (Å²) in [5, 5.41) is 30.9. The Morgan fingerprint density at radius 2 is 2.09 bits per heavy atom. The molecular weight excluding hydrogens is 306 g/mol. The van der Waals surface area contributed by atoms with Crippen LogP contribution >= 0.6 is 0 Å². The van der Waals surface area contributed by atoms with Gasteiger partial charge < -0.3 is 31.2 Å². The third kappa shape index (κ3) is 2.68. The highest BCUT2D eigenvalue weighted by Gasteiger charge is 2.44. The average molecular weight is 325 g/mol. The summed E-state index contributed by atoms with van der Waals surface area (Å²) in [4.78, 5) is 12.4. The topological polar surface area (TPSA) is 155 Å². The lowest BCUT2D eigenvalue weighted by Crippen LogP contribution is -2.33. The van der Waals surface area contributed by atoms with Crippen molar-refractivity contribution < 1.29 is 20.1 Å². The fourth-order valence-electron chi connectivity index (χ4n) is 2.52. The van der Waals surface area contributed by atoms with Gasteiger partial charge in [0.15, 0.2) is 23.2 Å². The Balaban J connectivity index is 2.04. The van der Waals surface area contributed by atoms with Gasteiger partial charge in [0, 0.05) is 14.1 Å². The molecule has 3 heterocycles. The maximum Gasteiger partial charge on any atom is 0.224 e. The normalized spacial score (nSPS) is 27.9. The molecule has 1 fully saturated rings. The minimum atomic E-state index is -1.23. The Morgan fingerprint density at radius 3 is 2.70 bits per heavy atom. The average Bonchev–Trinajstić information content (AvgIpc) is 3.01. The van der Waals surface area contributed by atoms with Crippen LogP contribution in [0.1, 0.15) is 6.23 Å². The monoisotopic (exact) mass is 325 g/mol. The number of aromatic nitrogens is 4. The van der Waals surface area contributed by atoms with Crippen molar-refractivity contribution in [2.45, 2.75) is 24.5 Å². The maximum absolute atomic E-state index is 10.1. The molecule has 4 atom stereocenters. The van der Waals surface area contributed by atoms with E-state index in [2.05, 4.69) is 20.4 Å². The molecule has 3 rings (SSSR count). The fourth-order valence-corrected chi connectivity index (χ4v) is 2.52. The zero-order valence-electron chi connectivity index (χ0n) is 12.7. The van der Waals surface area contributed by atoms with Gasteiger partial charge in [0.1, 0.15) is 18.3 Å². The summed E-state index contributed by atoms with van der Waals surface area (Å²) < 4.78 is 6.95. The predicted octanol–water partition coefficient (Wildman–Crippen LogP) is -2.09. The number of aliphatic hydroxyl groups is 3. The quantitative estimate of drug-likeness (QED) is 0.395. The summed E-state index contributed by atoms with van der Waals surface area (Å²) >= 11 is 0. The molecule has 0 aromatic carbocycles. The van der Waals surface area contributed by atoms with Crippen LogP contribution < -0.4 is 11.2 Å². The van der Waals surface area contributed by atoms with Gasteiger partial charge in [-0.25, -0.2) is 9.99 Å². The molecule has 23 heavy (non-hydrogen) atoms. The zero-order valence-corrected chi connectivity index (χ0v) is 12.7. The summed E-state index contributed by atoms with van der Waals surface area (Å²) in [7, 11) is 3.57. The van der Waals surface area contributed by atoms with E-state index in [1.165, 1.54) is 10.9 Å². The SMILES string of the molecule is CN(C)Nc1nc(N)nc2c1ncn2[C@@H]1O[C@H](CO)C(O)C1O. The molecule has 1 saturated heterocycles. The summed E-state index contributed by atoms with van der Waals surface area (Å²) in [5.74, 6) is 0.429. The number of anilines is 2. The summed E-state index contributed by atoms with van der Waals surface area (Å²) in [6, 6.07) is 0. The molecule has 0 radical (unpaired) electrons. The van der Waals surface area contributed by atoms with Gasteiger partial charge >= 0.3 is 0 Å². The van der Waals surface area contributed by atoms with Crippen LogP contribution in [0.3, 0.4) is 0 Å². The second-order valence-electron chi connectivity index (χ2n) is 5.49. The zero-order chi connectivity index (χ0) is 16.7. The second-order valence-corrected chi connectivity index (χ2v) is 5.49. The Kier molecular flexibility index (Phi) is 4.04. The van der Waals surface area contributed by atoms with Crippen molar-refractivity contribution in [3.63, 3.8) is 0 Å². The minimum Gasteiger partial charge on any atom is -0.394 e. The number of hydrogen-bond acceptors (Lipinski definition) is 10. The molecule has 1 aliphatic rings. The van der Waals surface area contributed by atoms with E-state index in [0.717, 1.165) is 0 Å². The van der Waals surface area contributed by atoms with Crippen molar-refractivity contribution in [2.24, 2.45) is 0 Å². The molecule has 126 valence electrons. The highest BCUT2D eigenvalue weighted by molar-refractivity contribution is 5.84. The lowest BCUT2D eigenvalue weighted by atomic mass is 10.1. The number of nitrogens with two attached hydrogens (primary N) is 1. The van der Waals surface area contributed by atoms with Crippen LogP contribution in [-0.4, -0.2) is 78.9 Å². The first-order chi connectivity index (χ1) is 10.9. The molecule has 0 bridgehead atoms. The van der Waals surface area contributed by atoms with Gasteiger partial charge in [-0.2, -0.15) is 9.97 Å². The number of nitrogen functional groups attached to an aromatic ring is 1. The Labute approximate surface area is 131 Å². The Morgan fingerprint density at radius 1 is 1.35 bits per heavy atom. The van der Waals surface area contributed by atoms with Crippen molar-refractivity contribution in [3.05, 3.63) is 6.33 Å². The van der Waals surface area contributed by atoms with Crippen LogP contribution in [0.25, 0.3) is 11.2 Å². The first-order valence-corrected chi connectivity index (χ1v) is 6.99. The minimum absolute atomic E-state index is 0.0235. The number of rotatable bonds is 4. The molecular formula is C12H19N7O4. The van der Waals surface area contributed by atoms with Crippen molar-refractivity contribution >= 4 is 22.9 Å². The molecule has 2 unspecified atom stereocenters. The molecule has 0 aliphatic carbocycles. The molecule has 0 amide bonds. The molecule has 2 aromatic heterocycles. The molecule has 11 heteroatoms. The van der Waals surface area contributed by atoms with Gasteiger partial charge in [0.25, 0.3) is 0 Å². The van der Waals surface area contributed by atoms with E-state index in [1.54, 1.807) is 19.1 Å². The third-order valence-corrected chi connectivity index (χ3v) is 3.56. The van der Waals surface area contributed by atoms with Crippen molar-refractivity contribution in [3.8, 4) is 0 Å². The number of fused-ring (bicyclic) bond motifs is 1. The van der Waals surface area contributed by atoms with Crippen LogP contribution in [0.5, 0.6) is 0 Å². The predicted molar refractivity (Wildman–Crippen MR) is 80.1 cm³/mol. The van der Waals surface area contributed by atoms with E-state index in [1.807, 2.05) is 0 Å². The van der Waals surface area contributed by atoms with Gasteiger partial charge in [-0.1, -0.05) is 0 Å². The van der Waals surface area contributed by atoms with Crippen molar-refractivity contribution in [1.82, 2.24) is 24.5 Å². The summed E-state index contributed by atoms with van der Waals surface area (Å²) in [6.07, 6.45) is -2.84.